The van der Waals surface area contributed by atoms with Crippen LogP contribution in [-0.2, 0) is 17.8 Å². The smallest absolute Gasteiger partial charge is 0.226 e. The van der Waals surface area contributed by atoms with Crippen LogP contribution in [0.4, 0.5) is 13.9 Å². The topological polar surface area (TPSA) is 85.6 Å². The molecule has 0 spiro atoms. The molecule has 0 saturated carbocycles. The van der Waals surface area contributed by atoms with Gasteiger partial charge in [0.25, 0.3) is 0 Å². The molecular weight excluding hydrogens is 422 g/mol. The molecule has 0 bridgehead atoms. The van der Waals surface area contributed by atoms with Crippen LogP contribution < -0.4 is 5.32 Å². The minimum atomic E-state index is -0.615. The first-order valence-corrected chi connectivity index (χ1v) is 10.4. The fourth-order valence-electron chi connectivity index (χ4n) is 2.90. The maximum Gasteiger partial charge on any atom is 0.226 e. The number of thiazole rings is 1. The second-order valence-electron chi connectivity index (χ2n) is 6.77. The van der Waals surface area contributed by atoms with Crippen molar-refractivity contribution in [2.24, 2.45) is 0 Å². The van der Waals surface area contributed by atoms with Crippen molar-refractivity contribution in [2.45, 2.75) is 25.8 Å². The highest BCUT2D eigenvalue weighted by Crippen LogP contribution is 2.23. The number of hydrogen-bond donors (Lipinski definition) is 1. The number of rotatable bonds is 8. The van der Waals surface area contributed by atoms with Crippen LogP contribution in [0.25, 0.3) is 11.4 Å². The Hall–Kier alpha value is -3.53. The number of carbonyl (C=O) groups excluding carboxylic acids is 1. The van der Waals surface area contributed by atoms with Crippen molar-refractivity contribution in [3.8, 4) is 11.4 Å². The van der Waals surface area contributed by atoms with E-state index in [1.54, 1.807) is 6.20 Å². The summed E-state index contributed by atoms with van der Waals surface area (Å²) in [6, 6.07) is 13.0. The Bertz CT molecular complexity index is 1180. The summed E-state index contributed by atoms with van der Waals surface area (Å²) in [4.78, 5) is 18.6. The van der Waals surface area contributed by atoms with E-state index >= 15 is 0 Å². The van der Waals surface area contributed by atoms with Crippen LogP contribution in [0.3, 0.4) is 0 Å². The SMILES string of the molecule is O=C(CCCn1nnc(-c2ccccc2)n1)Nc1ncc(Cc2ccc(F)cc2F)s1. The van der Waals surface area contributed by atoms with E-state index in [1.807, 2.05) is 30.3 Å². The molecule has 4 aromatic rings. The van der Waals surface area contributed by atoms with E-state index in [9.17, 15) is 13.6 Å². The van der Waals surface area contributed by atoms with Gasteiger partial charge in [0.1, 0.15) is 11.6 Å². The van der Waals surface area contributed by atoms with Crippen LogP contribution in [0.15, 0.2) is 54.7 Å². The Morgan fingerprint density at radius 2 is 1.97 bits per heavy atom. The van der Waals surface area contributed by atoms with Crippen molar-refractivity contribution in [3.05, 3.63) is 76.8 Å². The van der Waals surface area contributed by atoms with Crippen molar-refractivity contribution in [2.75, 3.05) is 5.32 Å². The first-order chi connectivity index (χ1) is 15.1. The fraction of sp³-hybridized carbons (Fsp3) is 0.190. The standard InChI is InChI=1S/C21H18F2N6OS/c22-16-9-8-15(18(23)12-16)11-17-13-24-21(31-17)25-19(30)7-4-10-29-27-20(26-28-29)14-5-2-1-3-6-14/h1-3,5-6,8-9,12-13H,4,7,10-11H2,(H,24,25,30). The number of carbonyl (C=O) groups is 1. The normalized spacial score (nSPS) is 10.9. The number of anilines is 1. The average Bonchev–Trinajstić information content (AvgIpc) is 3.40. The Labute approximate surface area is 180 Å². The lowest BCUT2D eigenvalue weighted by atomic mass is 10.1. The zero-order valence-electron chi connectivity index (χ0n) is 16.3. The fourth-order valence-corrected chi connectivity index (χ4v) is 3.76. The Morgan fingerprint density at radius 1 is 1.13 bits per heavy atom. The third kappa shape index (κ3) is 5.54. The number of nitrogens with zero attached hydrogens (tertiary/aromatic N) is 5. The lowest BCUT2D eigenvalue weighted by Gasteiger charge is -2.02. The zero-order valence-corrected chi connectivity index (χ0v) is 17.1. The van der Waals surface area contributed by atoms with Crippen LogP contribution >= 0.6 is 11.3 Å². The second-order valence-corrected chi connectivity index (χ2v) is 7.89. The molecule has 0 fully saturated rings. The van der Waals surface area contributed by atoms with E-state index < -0.39 is 11.6 Å². The first-order valence-electron chi connectivity index (χ1n) is 9.58. The summed E-state index contributed by atoms with van der Waals surface area (Å²) < 4.78 is 26.8. The lowest BCUT2D eigenvalue weighted by molar-refractivity contribution is -0.116. The van der Waals surface area contributed by atoms with Crippen molar-refractivity contribution in [1.82, 2.24) is 25.2 Å². The van der Waals surface area contributed by atoms with Crippen LogP contribution in [0.5, 0.6) is 0 Å². The summed E-state index contributed by atoms with van der Waals surface area (Å²) >= 11 is 1.26. The minimum Gasteiger partial charge on any atom is -0.302 e. The summed E-state index contributed by atoms with van der Waals surface area (Å²) in [7, 11) is 0. The summed E-state index contributed by atoms with van der Waals surface area (Å²) in [6.07, 6.45) is 2.66. The van der Waals surface area contributed by atoms with E-state index in [2.05, 4.69) is 25.7 Å². The molecule has 0 aliphatic rings. The highest BCUT2D eigenvalue weighted by molar-refractivity contribution is 7.15. The van der Waals surface area contributed by atoms with E-state index in [-0.39, 0.29) is 18.7 Å². The number of tetrazole rings is 1. The van der Waals surface area contributed by atoms with Gasteiger partial charge in [0, 0.05) is 35.5 Å². The monoisotopic (exact) mass is 440 g/mol. The molecule has 7 nitrogen and oxygen atoms in total. The van der Waals surface area contributed by atoms with Crippen LogP contribution in [-0.4, -0.2) is 31.1 Å². The van der Waals surface area contributed by atoms with Crippen LogP contribution in [0.2, 0.25) is 0 Å². The summed E-state index contributed by atoms with van der Waals surface area (Å²) in [5.41, 5.74) is 1.25. The summed E-state index contributed by atoms with van der Waals surface area (Å²) in [5, 5.41) is 15.5. The van der Waals surface area contributed by atoms with Crippen molar-refractivity contribution >= 4 is 22.4 Å². The van der Waals surface area contributed by atoms with Gasteiger partial charge in [-0.3, -0.25) is 4.79 Å². The highest BCUT2D eigenvalue weighted by Gasteiger charge is 2.11. The van der Waals surface area contributed by atoms with Gasteiger partial charge in [-0.1, -0.05) is 36.4 Å². The molecule has 158 valence electrons. The lowest BCUT2D eigenvalue weighted by Crippen LogP contribution is -2.13. The van der Waals surface area contributed by atoms with Gasteiger partial charge in [0.15, 0.2) is 5.13 Å². The van der Waals surface area contributed by atoms with Gasteiger partial charge >= 0.3 is 0 Å². The molecule has 0 unspecified atom stereocenters. The summed E-state index contributed by atoms with van der Waals surface area (Å²) in [6.45, 7) is 0.459. The van der Waals surface area contributed by atoms with Crippen LogP contribution in [0, 0.1) is 11.6 Å². The maximum absolute atomic E-state index is 13.8. The molecule has 1 N–H and O–H groups in total. The van der Waals surface area contributed by atoms with E-state index in [0.29, 0.717) is 29.5 Å². The largest absolute Gasteiger partial charge is 0.302 e. The zero-order chi connectivity index (χ0) is 21.6. The predicted octanol–water partition coefficient (Wildman–Crippen LogP) is 4.08. The molecule has 0 aliphatic heterocycles. The molecule has 10 heteroatoms. The van der Waals surface area contributed by atoms with Crippen molar-refractivity contribution in [1.29, 1.82) is 0 Å². The Kier molecular flexibility index (Phi) is 6.37. The van der Waals surface area contributed by atoms with Crippen molar-refractivity contribution in [3.63, 3.8) is 0 Å². The number of hydrogen-bond acceptors (Lipinski definition) is 6. The van der Waals surface area contributed by atoms with Crippen LogP contribution in [0.1, 0.15) is 23.3 Å². The first kappa shape index (κ1) is 20.7. The molecule has 2 heterocycles. The number of halogens is 2. The number of nitrogens with one attached hydrogen (secondary N) is 1. The highest BCUT2D eigenvalue weighted by atomic mass is 32.1. The predicted molar refractivity (Wildman–Crippen MR) is 112 cm³/mol. The van der Waals surface area contributed by atoms with Gasteiger partial charge < -0.3 is 5.32 Å². The summed E-state index contributed by atoms with van der Waals surface area (Å²) in [5.74, 6) is -0.859. The molecule has 2 aromatic carbocycles. The molecule has 0 radical (unpaired) electrons. The number of aromatic nitrogens is 5. The Morgan fingerprint density at radius 3 is 2.77 bits per heavy atom. The molecule has 4 rings (SSSR count). The average molecular weight is 440 g/mol. The molecule has 31 heavy (non-hydrogen) atoms. The maximum atomic E-state index is 13.8. The Balaban J connectivity index is 1.25. The van der Waals surface area contributed by atoms with E-state index in [1.165, 1.54) is 28.3 Å². The van der Waals surface area contributed by atoms with Gasteiger partial charge in [-0.2, -0.15) is 4.80 Å². The quantitative estimate of drug-likeness (QED) is 0.446. The molecule has 0 aliphatic carbocycles. The molecule has 0 atom stereocenters. The minimum absolute atomic E-state index is 0.183. The van der Waals surface area contributed by atoms with Gasteiger partial charge in [-0.15, -0.1) is 21.5 Å². The third-order valence-corrected chi connectivity index (χ3v) is 5.34. The molecule has 1 amide bonds. The molecular formula is C21H18F2N6OS. The third-order valence-electron chi connectivity index (χ3n) is 4.43. The van der Waals surface area contributed by atoms with E-state index in [0.717, 1.165) is 16.5 Å². The second kappa shape index (κ2) is 9.52. The number of benzene rings is 2. The van der Waals surface area contributed by atoms with Gasteiger partial charge in [-0.25, -0.2) is 13.8 Å². The molecule has 0 saturated heterocycles. The van der Waals surface area contributed by atoms with Gasteiger partial charge in [-0.05, 0) is 23.3 Å². The van der Waals surface area contributed by atoms with E-state index in [4.69, 9.17) is 0 Å². The number of aryl methyl sites for hydroxylation is 1. The van der Waals surface area contributed by atoms with Crippen molar-refractivity contribution < 1.29 is 13.6 Å². The van der Waals surface area contributed by atoms with Gasteiger partial charge in [0.2, 0.25) is 11.7 Å². The van der Waals surface area contributed by atoms with Gasteiger partial charge in [0.05, 0.1) is 6.54 Å². The number of amides is 1. The molecule has 2 aromatic heterocycles.